The van der Waals surface area contributed by atoms with Crippen LogP contribution in [0.2, 0.25) is 0 Å². The monoisotopic (exact) mass is 388 g/mol. The van der Waals surface area contributed by atoms with E-state index in [1.165, 1.54) is 28.9 Å². The number of hydrogen-bond donors (Lipinski definition) is 0. The van der Waals surface area contributed by atoms with Crippen LogP contribution in [0.1, 0.15) is 10.4 Å². The molecule has 0 fully saturated rings. The number of benzene rings is 1. The summed E-state index contributed by atoms with van der Waals surface area (Å²) in [6, 6.07) is 5.56. The third-order valence-electron chi connectivity index (χ3n) is 2.27. The fourth-order valence-corrected chi connectivity index (χ4v) is 2.39. The number of rotatable bonds is 4. The first-order valence-electron chi connectivity index (χ1n) is 5.01. The minimum atomic E-state index is -0.543. The fraction of sp³-hybridized carbons (Fsp3) is 0.100. The number of carbonyl (C=O) groups excluding carboxylic acids is 1. The molecule has 0 spiro atoms. The molecule has 1 heterocycles. The van der Waals surface area contributed by atoms with Gasteiger partial charge in [0.25, 0.3) is 5.69 Å². The van der Waals surface area contributed by atoms with Crippen molar-refractivity contribution in [1.82, 2.24) is 14.8 Å². The Labute approximate surface area is 124 Å². The Hall–Kier alpha value is -1.61. The largest absolute Gasteiger partial charge is 0.292 e. The highest BCUT2D eigenvalue weighted by atomic mass is 79.9. The molecule has 1 aromatic heterocycles. The number of hydrogen-bond acceptors (Lipinski definition) is 5. The molecule has 0 aliphatic rings. The van der Waals surface area contributed by atoms with E-state index in [2.05, 4.69) is 41.9 Å². The number of non-ortho nitro benzene ring substituents is 1. The third kappa shape index (κ3) is 3.24. The van der Waals surface area contributed by atoms with Gasteiger partial charge in [-0.15, -0.1) is 5.10 Å². The van der Waals surface area contributed by atoms with Gasteiger partial charge in [0.05, 0.1) is 4.92 Å². The van der Waals surface area contributed by atoms with Crippen molar-refractivity contribution in [2.24, 2.45) is 0 Å². The highest BCUT2D eigenvalue weighted by Crippen LogP contribution is 2.16. The Morgan fingerprint density at radius 2 is 2.16 bits per heavy atom. The van der Waals surface area contributed by atoms with Gasteiger partial charge in [-0.05, 0) is 31.9 Å². The van der Waals surface area contributed by atoms with Crippen molar-refractivity contribution < 1.29 is 9.72 Å². The van der Waals surface area contributed by atoms with E-state index in [9.17, 15) is 14.9 Å². The summed E-state index contributed by atoms with van der Waals surface area (Å²) in [5.74, 6) is -0.290. The molecule has 0 saturated carbocycles. The minimum absolute atomic E-state index is 0.0552. The molecule has 0 radical (unpaired) electrons. The maximum absolute atomic E-state index is 12.0. The average Bonchev–Trinajstić information content (AvgIpc) is 2.68. The van der Waals surface area contributed by atoms with E-state index in [-0.39, 0.29) is 23.6 Å². The summed E-state index contributed by atoms with van der Waals surface area (Å²) in [5, 5.41) is 14.6. The van der Waals surface area contributed by atoms with E-state index in [0.29, 0.717) is 9.47 Å². The molecule has 0 aliphatic heterocycles. The molecule has 9 heteroatoms. The first kappa shape index (κ1) is 13.8. The molecule has 0 aliphatic carbocycles. The minimum Gasteiger partial charge on any atom is -0.292 e. The van der Waals surface area contributed by atoms with Crippen LogP contribution in [0, 0.1) is 10.1 Å². The summed E-state index contributed by atoms with van der Waals surface area (Å²) in [5.41, 5.74) is 0.136. The number of aromatic nitrogens is 3. The highest BCUT2D eigenvalue weighted by molar-refractivity contribution is 9.11. The van der Waals surface area contributed by atoms with Crippen molar-refractivity contribution in [3.05, 3.63) is 49.4 Å². The molecule has 0 amide bonds. The maximum Gasteiger partial charge on any atom is 0.270 e. The average molecular weight is 390 g/mol. The Bertz CT molecular complexity index is 656. The van der Waals surface area contributed by atoms with Gasteiger partial charge in [-0.3, -0.25) is 14.9 Å². The highest BCUT2D eigenvalue weighted by Gasteiger charge is 2.14. The van der Waals surface area contributed by atoms with Crippen LogP contribution in [0.4, 0.5) is 5.69 Å². The van der Waals surface area contributed by atoms with Crippen LogP contribution in [-0.2, 0) is 6.54 Å². The predicted molar refractivity (Wildman–Crippen MR) is 72.8 cm³/mol. The second kappa shape index (κ2) is 5.57. The molecule has 0 saturated heterocycles. The number of halogens is 2. The van der Waals surface area contributed by atoms with E-state index in [0.717, 1.165) is 0 Å². The summed E-state index contributed by atoms with van der Waals surface area (Å²) in [4.78, 5) is 26.0. The standard InChI is InChI=1S/C10H6Br2N4O3/c11-9-13-10(12)15(14-9)5-8(17)6-2-1-3-7(4-6)16(18)19/h1-4H,5H2. The number of nitrogens with zero attached hydrogens (tertiary/aromatic N) is 4. The van der Waals surface area contributed by atoms with Crippen LogP contribution in [0.5, 0.6) is 0 Å². The summed E-state index contributed by atoms with van der Waals surface area (Å²) in [6.45, 7) is -0.0552. The Balaban J connectivity index is 2.23. The molecule has 7 nitrogen and oxygen atoms in total. The summed E-state index contributed by atoms with van der Waals surface area (Å²) in [6.07, 6.45) is 0. The summed E-state index contributed by atoms with van der Waals surface area (Å²) in [7, 11) is 0. The van der Waals surface area contributed by atoms with Gasteiger partial charge in [0, 0.05) is 17.7 Å². The van der Waals surface area contributed by atoms with E-state index < -0.39 is 4.92 Å². The molecular weight excluding hydrogens is 384 g/mol. The van der Waals surface area contributed by atoms with E-state index in [1.807, 2.05) is 0 Å². The van der Waals surface area contributed by atoms with Crippen LogP contribution in [-0.4, -0.2) is 25.5 Å². The summed E-state index contributed by atoms with van der Waals surface area (Å²) >= 11 is 6.24. The van der Waals surface area contributed by atoms with Gasteiger partial charge in [-0.25, -0.2) is 4.68 Å². The summed E-state index contributed by atoms with van der Waals surface area (Å²) < 4.78 is 2.11. The number of nitro benzene ring substituents is 1. The number of ketones is 1. The fourth-order valence-electron chi connectivity index (χ4n) is 1.42. The van der Waals surface area contributed by atoms with Crippen molar-refractivity contribution in [3.63, 3.8) is 0 Å². The topological polar surface area (TPSA) is 90.9 Å². The van der Waals surface area contributed by atoms with Crippen molar-refractivity contribution in [1.29, 1.82) is 0 Å². The number of carbonyl (C=O) groups is 1. The van der Waals surface area contributed by atoms with Crippen LogP contribution >= 0.6 is 31.9 Å². The molecular formula is C10H6Br2N4O3. The Morgan fingerprint density at radius 1 is 1.42 bits per heavy atom. The Kier molecular flexibility index (Phi) is 4.05. The molecule has 0 bridgehead atoms. The van der Waals surface area contributed by atoms with Crippen molar-refractivity contribution in [3.8, 4) is 0 Å². The first-order valence-corrected chi connectivity index (χ1v) is 6.59. The van der Waals surface area contributed by atoms with E-state index in [4.69, 9.17) is 0 Å². The smallest absolute Gasteiger partial charge is 0.270 e. The molecule has 0 N–H and O–H groups in total. The lowest BCUT2D eigenvalue weighted by Crippen LogP contribution is -2.12. The van der Waals surface area contributed by atoms with Gasteiger partial charge in [0.15, 0.2) is 10.5 Å². The molecule has 1 aromatic carbocycles. The molecule has 2 aromatic rings. The first-order chi connectivity index (χ1) is 8.97. The van der Waals surface area contributed by atoms with Gasteiger partial charge in [0.1, 0.15) is 6.54 Å². The zero-order chi connectivity index (χ0) is 14.0. The van der Waals surface area contributed by atoms with Gasteiger partial charge in [0.2, 0.25) is 4.73 Å². The number of nitro groups is 1. The second-order valence-electron chi connectivity index (χ2n) is 3.54. The second-order valence-corrected chi connectivity index (χ2v) is 4.96. The van der Waals surface area contributed by atoms with Gasteiger partial charge < -0.3 is 0 Å². The lowest BCUT2D eigenvalue weighted by Gasteiger charge is -2.02. The molecule has 2 rings (SSSR count). The van der Waals surface area contributed by atoms with Gasteiger partial charge in [-0.1, -0.05) is 12.1 Å². The molecule has 19 heavy (non-hydrogen) atoms. The third-order valence-corrected chi connectivity index (χ3v) is 3.20. The molecule has 98 valence electrons. The predicted octanol–water partition coefficient (Wildman–Crippen LogP) is 2.59. The van der Waals surface area contributed by atoms with Crippen molar-refractivity contribution >= 4 is 43.3 Å². The number of Topliss-reactive ketones (excluding diaryl/α,β-unsaturated/α-hetero) is 1. The van der Waals surface area contributed by atoms with Crippen molar-refractivity contribution in [2.75, 3.05) is 0 Å². The molecule has 0 unspecified atom stereocenters. The lowest BCUT2D eigenvalue weighted by atomic mass is 10.1. The maximum atomic E-state index is 12.0. The zero-order valence-electron chi connectivity index (χ0n) is 9.29. The normalized spacial score (nSPS) is 10.4. The van der Waals surface area contributed by atoms with Crippen LogP contribution < -0.4 is 0 Å². The van der Waals surface area contributed by atoms with E-state index >= 15 is 0 Å². The molecule has 0 atom stereocenters. The van der Waals surface area contributed by atoms with E-state index in [1.54, 1.807) is 0 Å². The van der Waals surface area contributed by atoms with Crippen LogP contribution in [0.3, 0.4) is 0 Å². The van der Waals surface area contributed by atoms with Gasteiger partial charge >= 0.3 is 0 Å². The quantitative estimate of drug-likeness (QED) is 0.455. The van der Waals surface area contributed by atoms with Gasteiger partial charge in [-0.2, -0.15) is 4.98 Å². The van der Waals surface area contributed by atoms with Crippen LogP contribution in [0.25, 0.3) is 0 Å². The van der Waals surface area contributed by atoms with Crippen molar-refractivity contribution in [2.45, 2.75) is 6.54 Å². The lowest BCUT2D eigenvalue weighted by molar-refractivity contribution is -0.384. The Morgan fingerprint density at radius 3 is 2.74 bits per heavy atom. The van der Waals surface area contributed by atoms with Crippen LogP contribution in [0.15, 0.2) is 33.7 Å². The SMILES string of the molecule is O=C(Cn1nc(Br)nc1Br)c1cccc([N+](=O)[O-])c1. The zero-order valence-corrected chi connectivity index (χ0v) is 12.5.